The molecular weight excluding hydrogens is 462 g/mol. The van der Waals surface area contributed by atoms with Gasteiger partial charge in [0.15, 0.2) is 0 Å². The third-order valence-corrected chi connectivity index (χ3v) is 4.89. The molecule has 0 heterocycles. The largest absolute Gasteiger partial charge is 0.445 e. The number of benzene rings is 2. The monoisotopic (exact) mass is 499 g/mol. The van der Waals surface area contributed by atoms with Crippen LogP contribution < -0.4 is 16.0 Å². The first-order valence-electron chi connectivity index (χ1n) is 12.1. The standard InChI is InChI=1S/C27H37N3O6/c1-27(2,3)36-25(32)28-17-11-10-16-23(30-26(33)35-20-22-14-8-5-9-15-22)18-29-24(31)34-19-21-12-6-4-7-13-21/h4-9,12-15,23H,10-11,16-20H2,1-3H3,(H,28,32)(H,29,31)(H,30,33)/t23-/m0/s1. The number of hydrogen-bond donors (Lipinski definition) is 3. The van der Waals surface area contributed by atoms with Gasteiger partial charge in [0.25, 0.3) is 0 Å². The molecule has 0 fully saturated rings. The summed E-state index contributed by atoms with van der Waals surface area (Å²) < 4.78 is 15.8. The summed E-state index contributed by atoms with van der Waals surface area (Å²) in [5.74, 6) is 0. The molecule has 3 amide bonds. The Bertz CT molecular complexity index is 932. The molecule has 2 aromatic carbocycles. The number of nitrogens with one attached hydrogen (secondary N) is 3. The zero-order valence-electron chi connectivity index (χ0n) is 21.3. The van der Waals surface area contributed by atoms with Gasteiger partial charge in [-0.15, -0.1) is 0 Å². The van der Waals surface area contributed by atoms with E-state index in [1.54, 1.807) is 20.8 Å². The summed E-state index contributed by atoms with van der Waals surface area (Å²) in [6.07, 6.45) is 0.319. The van der Waals surface area contributed by atoms with E-state index >= 15 is 0 Å². The van der Waals surface area contributed by atoms with Crippen molar-refractivity contribution < 1.29 is 28.6 Å². The SMILES string of the molecule is CC(C)(C)OC(=O)NCCCC[C@@H](CNC(=O)OCc1ccccc1)NC(=O)OCc1ccccc1. The fraction of sp³-hybridized carbons (Fsp3) is 0.444. The number of hydrogen-bond acceptors (Lipinski definition) is 6. The molecule has 1 atom stereocenters. The molecule has 0 aliphatic heterocycles. The molecule has 3 N–H and O–H groups in total. The predicted octanol–water partition coefficient (Wildman–Crippen LogP) is 4.90. The normalized spacial score (nSPS) is 11.6. The maximum atomic E-state index is 12.3. The van der Waals surface area contributed by atoms with E-state index in [0.717, 1.165) is 11.1 Å². The van der Waals surface area contributed by atoms with Crippen LogP contribution in [0.1, 0.15) is 51.2 Å². The van der Waals surface area contributed by atoms with Crippen LogP contribution in [0.5, 0.6) is 0 Å². The molecule has 0 aliphatic carbocycles. The molecule has 0 bridgehead atoms. The van der Waals surface area contributed by atoms with Crippen molar-refractivity contribution in [3.8, 4) is 0 Å². The summed E-state index contributed by atoms with van der Waals surface area (Å²) in [5, 5.41) is 8.21. The van der Waals surface area contributed by atoms with Crippen molar-refractivity contribution in [2.24, 2.45) is 0 Å². The minimum Gasteiger partial charge on any atom is -0.445 e. The average Bonchev–Trinajstić information content (AvgIpc) is 2.84. The number of unbranched alkanes of at least 4 members (excludes halogenated alkanes) is 1. The number of carbonyl (C=O) groups excluding carboxylic acids is 3. The predicted molar refractivity (Wildman–Crippen MR) is 136 cm³/mol. The van der Waals surface area contributed by atoms with Gasteiger partial charge in [-0.1, -0.05) is 60.7 Å². The highest BCUT2D eigenvalue weighted by molar-refractivity contribution is 5.69. The van der Waals surface area contributed by atoms with E-state index in [1.165, 1.54) is 0 Å². The zero-order valence-corrected chi connectivity index (χ0v) is 21.3. The lowest BCUT2D eigenvalue weighted by molar-refractivity contribution is 0.0526. The van der Waals surface area contributed by atoms with Crippen molar-refractivity contribution in [2.45, 2.75) is 64.9 Å². The molecule has 0 radical (unpaired) electrons. The van der Waals surface area contributed by atoms with Crippen molar-refractivity contribution in [2.75, 3.05) is 13.1 Å². The third kappa shape index (κ3) is 13.2. The minimum absolute atomic E-state index is 0.145. The molecule has 0 spiro atoms. The molecule has 2 aromatic rings. The van der Waals surface area contributed by atoms with E-state index in [1.807, 2.05) is 60.7 Å². The van der Waals surface area contributed by atoms with E-state index in [2.05, 4.69) is 16.0 Å². The number of ether oxygens (including phenoxy) is 3. The van der Waals surface area contributed by atoms with Crippen LogP contribution in [-0.4, -0.2) is 43.0 Å². The van der Waals surface area contributed by atoms with E-state index in [0.29, 0.717) is 25.8 Å². The fourth-order valence-electron chi connectivity index (χ4n) is 3.16. The van der Waals surface area contributed by atoms with Gasteiger partial charge >= 0.3 is 18.3 Å². The zero-order chi connectivity index (χ0) is 26.2. The van der Waals surface area contributed by atoms with Gasteiger partial charge in [-0.3, -0.25) is 0 Å². The molecule has 0 aliphatic rings. The average molecular weight is 500 g/mol. The summed E-state index contributed by atoms with van der Waals surface area (Å²) in [5.41, 5.74) is 1.20. The molecule has 9 nitrogen and oxygen atoms in total. The Morgan fingerprint density at radius 1 is 0.750 bits per heavy atom. The number of alkyl carbamates (subject to hydrolysis) is 3. The second-order valence-corrected chi connectivity index (χ2v) is 9.27. The van der Waals surface area contributed by atoms with Crippen LogP contribution in [0.15, 0.2) is 60.7 Å². The van der Waals surface area contributed by atoms with Crippen LogP contribution in [0.4, 0.5) is 14.4 Å². The molecule has 196 valence electrons. The van der Waals surface area contributed by atoms with Gasteiger partial charge in [0.1, 0.15) is 18.8 Å². The lowest BCUT2D eigenvalue weighted by atomic mass is 10.1. The van der Waals surface area contributed by atoms with Gasteiger partial charge < -0.3 is 30.2 Å². The van der Waals surface area contributed by atoms with E-state index < -0.39 is 23.9 Å². The third-order valence-electron chi connectivity index (χ3n) is 4.89. The molecule has 36 heavy (non-hydrogen) atoms. The lowest BCUT2D eigenvalue weighted by Crippen LogP contribution is -2.44. The topological polar surface area (TPSA) is 115 Å². The summed E-state index contributed by atoms with van der Waals surface area (Å²) in [7, 11) is 0. The molecule has 0 saturated heterocycles. The molecule has 0 saturated carbocycles. The van der Waals surface area contributed by atoms with Gasteiger partial charge in [-0.05, 0) is 51.2 Å². The van der Waals surface area contributed by atoms with E-state index in [9.17, 15) is 14.4 Å². The molecule has 2 rings (SSSR count). The quantitative estimate of drug-likeness (QED) is 0.283. The maximum absolute atomic E-state index is 12.3. The summed E-state index contributed by atoms with van der Waals surface area (Å²) >= 11 is 0. The Balaban J connectivity index is 1.77. The van der Waals surface area contributed by atoms with Crippen molar-refractivity contribution in [1.29, 1.82) is 0 Å². The van der Waals surface area contributed by atoms with Gasteiger partial charge in [0.2, 0.25) is 0 Å². The highest BCUT2D eigenvalue weighted by Gasteiger charge is 2.17. The maximum Gasteiger partial charge on any atom is 0.407 e. The minimum atomic E-state index is -0.574. The van der Waals surface area contributed by atoms with Gasteiger partial charge in [0, 0.05) is 19.1 Å². The molecule has 0 aromatic heterocycles. The van der Waals surface area contributed by atoms with Crippen LogP contribution in [0.25, 0.3) is 0 Å². The Hall–Kier alpha value is -3.75. The van der Waals surface area contributed by atoms with Gasteiger partial charge in [-0.25, -0.2) is 14.4 Å². The number of rotatable bonds is 12. The Morgan fingerprint density at radius 2 is 1.31 bits per heavy atom. The Morgan fingerprint density at radius 3 is 1.86 bits per heavy atom. The first kappa shape index (κ1) is 28.5. The van der Waals surface area contributed by atoms with Crippen LogP contribution in [-0.2, 0) is 27.4 Å². The van der Waals surface area contributed by atoms with Crippen molar-refractivity contribution in [1.82, 2.24) is 16.0 Å². The van der Waals surface area contributed by atoms with Crippen molar-refractivity contribution in [3.63, 3.8) is 0 Å². The highest BCUT2D eigenvalue weighted by atomic mass is 16.6. The van der Waals surface area contributed by atoms with Crippen LogP contribution in [0, 0.1) is 0 Å². The molecule has 0 unspecified atom stereocenters. The van der Waals surface area contributed by atoms with Gasteiger partial charge in [-0.2, -0.15) is 0 Å². The first-order valence-corrected chi connectivity index (χ1v) is 12.1. The Kier molecular flexibility index (Phi) is 12.1. The van der Waals surface area contributed by atoms with Crippen LogP contribution >= 0.6 is 0 Å². The fourth-order valence-corrected chi connectivity index (χ4v) is 3.16. The number of amides is 3. The smallest absolute Gasteiger partial charge is 0.407 e. The Labute approximate surface area is 212 Å². The van der Waals surface area contributed by atoms with E-state index in [4.69, 9.17) is 14.2 Å². The second-order valence-electron chi connectivity index (χ2n) is 9.27. The highest BCUT2D eigenvalue weighted by Crippen LogP contribution is 2.07. The molecule has 9 heteroatoms. The van der Waals surface area contributed by atoms with Crippen LogP contribution in [0.2, 0.25) is 0 Å². The second kappa shape index (κ2) is 15.3. The summed E-state index contributed by atoms with van der Waals surface area (Å²) in [4.78, 5) is 36.2. The van der Waals surface area contributed by atoms with Crippen molar-refractivity contribution in [3.05, 3.63) is 71.8 Å². The molecular formula is C27H37N3O6. The van der Waals surface area contributed by atoms with Gasteiger partial charge in [0.05, 0.1) is 0 Å². The lowest BCUT2D eigenvalue weighted by Gasteiger charge is -2.20. The number of carbonyl (C=O) groups is 3. The van der Waals surface area contributed by atoms with Crippen molar-refractivity contribution >= 4 is 18.3 Å². The first-order chi connectivity index (χ1) is 17.2. The van der Waals surface area contributed by atoms with Crippen LogP contribution in [0.3, 0.4) is 0 Å². The van der Waals surface area contributed by atoms with E-state index in [-0.39, 0.29) is 25.8 Å². The summed E-state index contributed by atoms with van der Waals surface area (Å²) in [6, 6.07) is 18.4. The summed E-state index contributed by atoms with van der Waals surface area (Å²) in [6.45, 7) is 6.32.